The van der Waals surface area contributed by atoms with Crippen LogP contribution in [0.15, 0.2) is 6.33 Å². The van der Waals surface area contributed by atoms with E-state index in [1.165, 1.54) is 22.9 Å². The van der Waals surface area contributed by atoms with Crippen LogP contribution in [0.2, 0.25) is 0 Å². The van der Waals surface area contributed by atoms with Gasteiger partial charge in [-0.15, -0.1) is 11.3 Å². The van der Waals surface area contributed by atoms with Crippen LogP contribution in [0.5, 0.6) is 0 Å². The van der Waals surface area contributed by atoms with Gasteiger partial charge in [-0.05, 0) is 37.3 Å². The van der Waals surface area contributed by atoms with Crippen molar-refractivity contribution in [1.29, 1.82) is 0 Å². The van der Waals surface area contributed by atoms with E-state index >= 15 is 0 Å². The van der Waals surface area contributed by atoms with Gasteiger partial charge >= 0.3 is 0 Å². The number of rotatable bonds is 4. The fourth-order valence-electron chi connectivity index (χ4n) is 4.10. The Morgan fingerprint density at radius 1 is 1.26 bits per heavy atom. The van der Waals surface area contributed by atoms with E-state index < -0.39 is 0 Å². The van der Waals surface area contributed by atoms with Gasteiger partial charge in [0, 0.05) is 24.5 Å². The number of thiophene rings is 1. The molecule has 0 saturated carbocycles. The molecule has 3 aromatic rings. The predicted molar refractivity (Wildman–Crippen MR) is 108 cm³/mol. The third-order valence-electron chi connectivity index (χ3n) is 5.42. The van der Waals surface area contributed by atoms with E-state index in [0.717, 1.165) is 65.8 Å². The van der Waals surface area contributed by atoms with E-state index in [1.54, 1.807) is 17.7 Å². The van der Waals surface area contributed by atoms with E-state index in [0.29, 0.717) is 0 Å². The summed E-state index contributed by atoms with van der Waals surface area (Å²) in [6.45, 7) is 5.32. The van der Waals surface area contributed by atoms with Crippen LogP contribution in [-0.2, 0) is 17.6 Å². The lowest BCUT2D eigenvalue weighted by Crippen LogP contribution is -2.37. The van der Waals surface area contributed by atoms with Gasteiger partial charge in [-0.1, -0.05) is 0 Å². The Labute approximate surface area is 161 Å². The predicted octanol–water partition coefficient (Wildman–Crippen LogP) is 2.36. The number of morpholine rings is 1. The molecule has 2 aliphatic rings. The molecule has 2 N–H and O–H groups in total. The molecule has 142 valence electrons. The van der Waals surface area contributed by atoms with Gasteiger partial charge in [-0.2, -0.15) is 0 Å². The highest BCUT2D eigenvalue weighted by molar-refractivity contribution is 7.26. The van der Waals surface area contributed by atoms with Gasteiger partial charge in [0.2, 0.25) is 0 Å². The van der Waals surface area contributed by atoms with Crippen LogP contribution in [0.4, 0.5) is 11.6 Å². The number of hydrogen-bond acceptors (Lipinski definition) is 8. The summed E-state index contributed by atoms with van der Waals surface area (Å²) in [4.78, 5) is 17.5. The summed E-state index contributed by atoms with van der Waals surface area (Å²) >= 11 is 1.65. The van der Waals surface area contributed by atoms with Crippen molar-refractivity contribution >= 4 is 43.4 Å². The zero-order valence-electron chi connectivity index (χ0n) is 15.4. The molecule has 1 fully saturated rings. The summed E-state index contributed by atoms with van der Waals surface area (Å²) in [5.41, 5.74) is 3.78. The van der Waals surface area contributed by atoms with Gasteiger partial charge in [-0.25, -0.2) is 15.0 Å². The molecule has 0 bridgehead atoms. The summed E-state index contributed by atoms with van der Waals surface area (Å²) in [5.74, 6) is 1.92. The third-order valence-corrected chi connectivity index (χ3v) is 6.50. The van der Waals surface area contributed by atoms with Crippen LogP contribution >= 0.6 is 11.3 Å². The van der Waals surface area contributed by atoms with Crippen molar-refractivity contribution in [2.45, 2.75) is 32.2 Å². The largest absolute Gasteiger partial charge is 0.394 e. The highest BCUT2D eigenvalue weighted by atomic mass is 32.1. The number of ether oxygens (including phenoxy) is 1. The van der Waals surface area contributed by atoms with Gasteiger partial charge in [0.25, 0.3) is 0 Å². The normalized spacial score (nSPS) is 18.2. The number of fused-ring (bicyclic) bond motifs is 5. The van der Waals surface area contributed by atoms with E-state index in [2.05, 4.69) is 20.2 Å². The minimum absolute atomic E-state index is 0.0594. The standard InChI is InChI=1S/C19H23N5O2S/c1-11(9-25)22-17-16-15(20-10-21-17)14-12-3-2-4-13(12)18(23-19(14)27-16)24-5-7-26-8-6-24/h10-11,25H,2-9H2,1H3,(H,20,21,22). The molecule has 1 unspecified atom stereocenters. The van der Waals surface area contributed by atoms with Crippen molar-refractivity contribution in [2.24, 2.45) is 0 Å². The number of nitrogens with zero attached hydrogens (tertiary/aromatic N) is 4. The number of aromatic nitrogens is 3. The number of hydrogen-bond donors (Lipinski definition) is 2. The van der Waals surface area contributed by atoms with E-state index in [9.17, 15) is 5.11 Å². The van der Waals surface area contributed by atoms with Gasteiger partial charge in [0.1, 0.15) is 22.8 Å². The molecule has 5 rings (SSSR count). The molecule has 0 radical (unpaired) electrons. The lowest BCUT2D eigenvalue weighted by molar-refractivity contribution is 0.122. The molecule has 1 atom stereocenters. The first kappa shape index (κ1) is 17.1. The summed E-state index contributed by atoms with van der Waals surface area (Å²) in [5, 5.41) is 13.9. The maximum absolute atomic E-state index is 9.38. The number of anilines is 2. The minimum atomic E-state index is -0.0594. The van der Waals surface area contributed by atoms with Gasteiger partial charge in [-0.3, -0.25) is 0 Å². The van der Waals surface area contributed by atoms with Crippen molar-refractivity contribution < 1.29 is 9.84 Å². The Bertz CT molecular complexity index is 999. The van der Waals surface area contributed by atoms with Crippen LogP contribution in [0.3, 0.4) is 0 Å². The lowest BCUT2D eigenvalue weighted by atomic mass is 10.1. The van der Waals surface area contributed by atoms with E-state index in [4.69, 9.17) is 9.72 Å². The molecule has 8 heteroatoms. The lowest BCUT2D eigenvalue weighted by Gasteiger charge is -2.29. The van der Waals surface area contributed by atoms with Gasteiger partial charge in [0.05, 0.1) is 30.0 Å². The molecule has 27 heavy (non-hydrogen) atoms. The zero-order chi connectivity index (χ0) is 18.4. The first-order valence-corrected chi connectivity index (χ1v) is 10.4. The highest BCUT2D eigenvalue weighted by Gasteiger charge is 2.27. The fourth-order valence-corrected chi connectivity index (χ4v) is 5.20. The second-order valence-corrected chi connectivity index (χ2v) is 8.25. The Hall–Kier alpha value is -2.03. The molecule has 0 spiro atoms. The molecule has 1 aliphatic carbocycles. The molecule has 1 aliphatic heterocycles. The van der Waals surface area contributed by atoms with Crippen molar-refractivity contribution in [3.8, 4) is 0 Å². The molecule has 4 heterocycles. The molecular weight excluding hydrogens is 362 g/mol. The quantitative estimate of drug-likeness (QED) is 0.713. The first-order chi connectivity index (χ1) is 13.3. The third kappa shape index (κ3) is 2.83. The van der Waals surface area contributed by atoms with Crippen LogP contribution in [-0.4, -0.2) is 59.0 Å². The average Bonchev–Trinajstić information content (AvgIpc) is 3.32. The number of aryl methyl sites for hydroxylation is 1. The maximum atomic E-state index is 9.38. The Morgan fingerprint density at radius 2 is 2.07 bits per heavy atom. The number of pyridine rings is 1. The average molecular weight is 385 g/mol. The molecule has 0 aromatic carbocycles. The van der Waals surface area contributed by atoms with Crippen molar-refractivity contribution in [3.63, 3.8) is 0 Å². The van der Waals surface area contributed by atoms with E-state index in [-0.39, 0.29) is 12.6 Å². The Kier molecular flexibility index (Phi) is 4.34. The topological polar surface area (TPSA) is 83.4 Å². The molecule has 0 amide bonds. The Balaban J connectivity index is 1.71. The molecule has 3 aromatic heterocycles. The smallest absolute Gasteiger partial charge is 0.147 e. The summed E-state index contributed by atoms with van der Waals surface area (Å²) < 4.78 is 6.55. The summed E-state index contributed by atoms with van der Waals surface area (Å²) in [6, 6.07) is -0.0594. The van der Waals surface area contributed by atoms with Gasteiger partial charge < -0.3 is 20.1 Å². The van der Waals surface area contributed by atoms with Gasteiger partial charge in [0.15, 0.2) is 0 Å². The highest BCUT2D eigenvalue weighted by Crippen LogP contribution is 2.43. The fraction of sp³-hybridized carbons (Fsp3) is 0.526. The number of nitrogens with one attached hydrogen (secondary N) is 1. The van der Waals surface area contributed by atoms with Crippen LogP contribution < -0.4 is 10.2 Å². The van der Waals surface area contributed by atoms with Crippen LogP contribution in [0, 0.1) is 0 Å². The van der Waals surface area contributed by atoms with E-state index in [1.807, 2.05) is 6.92 Å². The monoisotopic (exact) mass is 385 g/mol. The maximum Gasteiger partial charge on any atom is 0.147 e. The van der Waals surface area contributed by atoms with Crippen molar-refractivity contribution in [3.05, 3.63) is 17.5 Å². The van der Waals surface area contributed by atoms with Crippen molar-refractivity contribution in [2.75, 3.05) is 43.1 Å². The van der Waals surface area contributed by atoms with Crippen LogP contribution in [0.25, 0.3) is 20.4 Å². The number of aliphatic hydroxyl groups excluding tert-OH is 1. The first-order valence-electron chi connectivity index (χ1n) is 9.55. The Morgan fingerprint density at radius 3 is 2.89 bits per heavy atom. The SMILES string of the molecule is CC(CO)Nc1ncnc2c1sc1nc(N3CCOCC3)c3c(c12)CCC3. The summed E-state index contributed by atoms with van der Waals surface area (Å²) in [6.07, 6.45) is 4.94. The molecule has 7 nitrogen and oxygen atoms in total. The number of aliphatic hydroxyl groups is 1. The van der Waals surface area contributed by atoms with Crippen molar-refractivity contribution in [1.82, 2.24) is 15.0 Å². The zero-order valence-corrected chi connectivity index (χ0v) is 16.2. The second-order valence-electron chi connectivity index (χ2n) is 7.26. The summed E-state index contributed by atoms with van der Waals surface area (Å²) in [7, 11) is 0. The molecular formula is C19H23N5O2S. The minimum Gasteiger partial charge on any atom is -0.394 e. The van der Waals surface area contributed by atoms with Crippen LogP contribution in [0.1, 0.15) is 24.5 Å². The molecule has 1 saturated heterocycles. The second kappa shape index (κ2) is 6.85.